The van der Waals surface area contributed by atoms with Crippen molar-refractivity contribution in [2.45, 2.75) is 78.6 Å². The fraction of sp³-hybridized carbons (Fsp3) is 0.182. The molecule has 0 atom stereocenters. The summed E-state index contributed by atoms with van der Waals surface area (Å²) >= 11 is 0. The second kappa shape index (κ2) is 18.7. The van der Waals surface area contributed by atoms with E-state index in [2.05, 4.69) is 122 Å². The van der Waals surface area contributed by atoms with E-state index in [1.54, 1.807) is 33.4 Å². The van der Waals surface area contributed by atoms with Crippen LogP contribution in [0.2, 0.25) is 0 Å². The molecule has 0 aliphatic carbocycles. The van der Waals surface area contributed by atoms with E-state index < -0.39 is 60.4 Å². The second-order valence-corrected chi connectivity index (χ2v) is 21.1. The van der Waals surface area contributed by atoms with Crippen LogP contribution in [0.4, 0.5) is 0 Å². The molecule has 0 fully saturated rings. The van der Waals surface area contributed by atoms with Crippen molar-refractivity contribution in [2.24, 2.45) is 0 Å². The van der Waals surface area contributed by atoms with Crippen LogP contribution < -0.4 is 9.30 Å². The maximum absolute atomic E-state index is 9.23. The molecule has 0 saturated heterocycles. The van der Waals surface area contributed by atoms with Crippen molar-refractivity contribution < 1.29 is 44.1 Å². The van der Waals surface area contributed by atoms with Crippen LogP contribution in [0, 0.1) is 18.5 Å². The molecule has 11 aromatic rings. The van der Waals surface area contributed by atoms with Gasteiger partial charge < -0.3 is 13.9 Å². The summed E-state index contributed by atoms with van der Waals surface area (Å²) in [5, 5.41) is 2.01. The molecule has 0 spiro atoms. The molecule has 6 heteroatoms. The number of hydrogen-bond acceptors (Lipinski definition) is 2. The van der Waals surface area contributed by atoms with E-state index in [0.717, 1.165) is 55.4 Å². The topological polar surface area (TPSA) is 35.9 Å². The number of rotatable bonds is 8. The summed E-state index contributed by atoms with van der Waals surface area (Å²) < 4.78 is 101. The Morgan fingerprint density at radius 2 is 1.15 bits per heavy atom. The first-order valence-electron chi connectivity index (χ1n) is 28.8. The van der Waals surface area contributed by atoms with Gasteiger partial charge in [-0.2, -0.15) is 18.2 Å². The summed E-state index contributed by atoms with van der Waals surface area (Å²) in [6.07, 6.45) is 5.38. The van der Waals surface area contributed by atoms with Crippen molar-refractivity contribution in [1.82, 2.24) is 14.1 Å². The number of benzene rings is 8. The van der Waals surface area contributed by atoms with Gasteiger partial charge in [-0.1, -0.05) is 195 Å². The first kappa shape index (κ1) is 37.4. The average molecular weight is 1130 g/mol. The third-order valence-electron chi connectivity index (χ3n) is 13.1. The Hall–Kier alpha value is -7.33. The van der Waals surface area contributed by atoms with Crippen LogP contribution in [0.5, 0.6) is 11.5 Å². The van der Waals surface area contributed by atoms with Crippen LogP contribution in [-0.2, 0) is 37.3 Å². The number of hydrogen-bond donors (Lipinski definition) is 0. The zero-order valence-electron chi connectivity index (χ0n) is 51.6. The monoisotopic (exact) mass is 1130 g/mol. The molecule has 0 aliphatic rings. The molecule has 5 nitrogen and oxygen atoms in total. The van der Waals surface area contributed by atoms with Gasteiger partial charge in [0.25, 0.3) is 6.33 Å². The molecule has 8 aromatic carbocycles. The number of pyridine rings is 1. The van der Waals surface area contributed by atoms with Gasteiger partial charge in [-0.25, -0.2) is 4.98 Å². The average Bonchev–Trinajstić information content (AvgIpc) is 3.25. The number of aromatic nitrogens is 4. The Balaban J connectivity index is 0.00000753. The fourth-order valence-corrected chi connectivity index (χ4v) is 9.17. The Kier molecular flexibility index (Phi) is 9.72. The molecule has 72 heavy (non-hydrogen) atoms. The maximum Gasteiger partial charge on any atom is 0.268 e. The van der Waals surface area contributed by atoms with Crippen LogP contribution in [0.25, 0.3) is 83.4 Å². The van der Waals surface area contributed by atoms with Crippen LogP contribution in [0.1, 0.15) is 92.7 Å². The van der Waals surface area contributed by atoms with Gasteiger partial charge in [-0.15, -0.1) is 29.7 Å². The quantitative estimate of drug-likeness (QED) is 0.112. The number of ether oxygens (including phenoxy) is 1. The molecule has 0 bridgehead atoms. The summed E-state index contributed by atoms with van der Waals surface area (Å²) in [5.41, 5.74) is 8.27. The van der Waals surface area contributed by atoms with Crippen molar-refractivity contribution in [2.75, 3.05) is 0 Å². The van der Waals surface area contributed by atoms with Crippen molar-refractivity contribution in [3.05, 3.63) is 223 Å². The zero-order chi connectivity index (χ0) is 57.9. The molecular weight excluding hydrogens is 1060 g/mol. The van der Waals surface area contributed by atoms with E-state index in [9.17, 15) is 5.48 Å². The molecule has 0 saturated carbocycles. The minimum Gasteiger partial charge on any atom is -0.510 e. The van der Waals surface area contributed by atoms with E-state index in [1.807, 2.05) is 66.9 Å². The van der Waals surface area contributed by atoms with Gasteiger partial charge in [-0.3, -0.25) is 4.57 Å². The summed E-state index contributed by atoms with van der Waals surface area (Å²) in [5.74, 6) is 1.53. The molecule has 360 valence electrons. The summed E-state index contributed by atoms with van der Waals surface area (Å²) in [6, 6.07) is 40.9. The van der Waals surface area contributed by atoms with Crippen molar-refractivity contribution in [3.63, 3.8) is 0 Å². The third-order valence-corrected chi connectivity index (χ3v) is 13.1. The normalized spacial score (nSPS) is 14.1. The predicted octanol–water partition coefficient (Wildman–Crippen LogP) is 16.5. The Labute approximate surface area is 452 Å². The van der Waals surface area contributed by atoms with Gasteiger partial charge in [0.05, 0.1) is 30.4 Å². The Morgan fingerprint density at radius 1 is 0.528 bits per heavy atom. The molecular formula is C66H58N4OPt-2. The van der Waals surface area contributed by atoms with E-state index in [1.165, 1.54) is 0 Å². The summed E-state index contributed by atoms with van der Waals surface area (Å²) in [6.45, 7) is 19.7. The van der Waals surface area contributed by atoms with Crippen LogP contribution in [0.3, 0.4) is 0 Å². The largest absolute Gasteiger partial charge is 0.510 e. The van der Waals surface area contributed by atoms with Crippen LogP contribution >= 0.6 is 0 Å². The molecule has 0 aliphatic heterocycles. The van der Waals surface area contributed by atoms with E-state index in [-0.39, 0.29) is 65.3 Å². The Morgan fingerprint density at radius 3 is 1.81 bits per heavy atom. The molecule has 0 amide bonds. The summed E-state index contributed by atoms with van der Waals surface area (Å²) in [7, 11) is 0. The van der Waals surface area contributed by atoms with Gasteiger partial charge in [0, 0.05) is 44.3 Å². The van der Waals surface area contributed by atoms with Crippen molar-refractivity contribution in [3.8, 4) is 62.1 Å². The van der Waals surface area contributed by atoms with Gasteiger partial charge in [0.1, 0.15) is 5.82 Å². The molecule has 3 aromatic heterocycles. The fourth-order valence-electron chi connectivity index (χ4n) is 9.17. The third kappa shape index (κ3) is 9.12. The number of para-hydroxylation sites is 2. The van der Waals surface area contributed by atoms with E-state index in [0.29, 0.717) is 28.2 Å². The minimum absolute atomic E-state index is 0. The zero-order valence-corrected chi connectivity index (χ0v) is 43.9. The SMILES string of the molecule is [2H]c1c([2H])c([2H])c(-c2cccc(-c3c([2H])c([2H])c([2H])c([2H])c3[2H])c2-[n+]2[c-]n(-c3[c-]c(Oc4[c-]c5c(cc4)c4ccccc4n5-c4cc(C(C)(C)C)ccn4)ccc3)c3cc(-c4cc(C(C)(C)C)cc(C(C)(C)C)c4)ccc32)c([2H])c1[2H].[Pt]. The van der Waals surface area contributed by atoms with Gasteiger partial charge >= 0.3 is 0 Å². The van der Waals surface area contributed by atoms with Crippen molar-refractivity contribution in [1.29, 1.82) is 0 Å². The maximum atomic E-state index is 9.23. The standard InChI is InChI=1S/C66H58N4O.Pt/c1-64(2,3)48-34-35-67-62(40-48)70-58-29-17-16-26-56(58)57-32-31-53(42-60(57)70)71-52-25-18-24-51(41-52)68-43-69(63-54(44-20-12-10-13-21-44)27-19-28-55(63)45-22-14-11-15-23-45)59-33-30-46(38-61(59)68)47-36-49(65(4,5)6)39-50(37-47)66(7,8)9;/h10-40H,1-9H3;/q-2;/i10D,11D,12D,13D,14D,15D,20D,21D,22D,23D;. The number of nitrogens with zero attached hydrogens (tertiary/aromatic N) is 4. The molecule has 3 heterocycles. The minimum atomic E-state index is -0.578. The smallest absolute Gasteiger partial charge is 0.268 e. The number of fused-ring (bicyclic) bond motifs is 4. The second-order valence-electron chi connectivity index (χ2n) is 21.1. The Bertz CT molecular complexity index is 4230. The van der Waals surface area contributed by atoms with Crippen LogP contribution in [0.15, 0.2) is 188 Å². The molecule has 0 N–H and O–H groups in total. The molecule has 11 rings (SSSR count). The first-order valence-corrected chi connectivity index (χ1v) is 23.8. The first-order chi connectivity index (χ1) is 38.2. The number of imidazole rings is 1. The van der Waals surface area contributed by atoms with Gasteiger partial charge in [0.2, 0.25) is 0 Å². The van der Waals surface area contributed by atoms with Crippen molar-refractivity contribution >= 4 is 32.8 Å². The van der Waals surface area contributed by atoms with E-state index in [4.69, 9.17) is 17.9 Å². The van der Waals surface area contributed by atoms with Gasteiger partial charge in [-0.05, 0) is 102 Å². The summed E-state index contributed by atoms with van der Waals surface area (Å²) in [4.78, 5) is 4.84. The van der Waals surface area contributed by atoms with Gasteiger partial charge in [0.15, 0.2) is 0 Å². The van der Waals surface area contributed by atoms with E-state index >= 15 is 0 Å². The van der Waals surface area contributed by atoms with Crippen LogP contribution in [-0.4, -0.2) is 14.1 Å². The molecule has 0 unspecified atom stereocenters. The molecule has 0 radical (unpaired) electrons. The predicted molar refractivity (Wildman–Crippen MR) is 292 cm³/mol.